The van der Waals surface area contributed by atoms with Gasteiger partial charge in [-0.15, -0.1) is 0 Å². The smallest absolute Gasteiger partial charge is 0.144 e. The molecule has 0 aliphatic heterocycles. The highest BCUT2D eigenvalue weighted by molar-refractivity contribution is 6.21. The van der Waals surface area contributed by atoms with Crippen LogP contribution in [0, 0.1) is 0 Å². The van der Waals surface area contributed by atoms with Gasteiger partial charge < -0.3 is 13.7 Å². The largest absolute Gasteiger partial charge is 0.456 e. The van der Waals surface area contributed by atoms with Crippen LogP contribution in [0.5, 0.6) is 0 Å². The number of unbranched alkanes of at least 4 members (excludes halogenated alkanes) is 8. The summed E-state index contributed by atoms with van der Waals surface area (Å²) in [7, 11) is 0. The first kappa shape index (κ1) is 79.3. The first-order chi connectivity index (χ1) is 64.2. The Bertz CT molecular complexity index is 7790. The van der Waals surface area contributed by atoms with Gasteiger partial charge in [-0.3, -0.25) is 0 Å². The molecule has 0 atom stereocenters. The zero-order valence-corrected chi connectivity index (χ0v) is 76.3. The highest BCUT2D eigenvalue weighted by Crippen LogP contribution is 2.68. The number of furan rings is 2. The third-order valence-corrected chi connectivity index (χ3v) is 32.3. The maximum Gasteiger partial charge on any atom is 0.144 e. The Hall–Kier alpha value is -13.9. The molecule has 0 bridgehead atoms. The molecule has 17 aromatic carbocycles. The second-order valence-electron chi connectivity index (χ2n) is 40.2. The number of hydrogen-bond acceptors (Lipinski definition) is 3. The van der Waals surface area contributed by atoms with E-state index in [9.17, 15) is 0 Å². The zero-order chi connectivity index (χ0) is 88.0. The van der Waals surface area contributed by atoms with Gasteiger partial charge in [0.25, 0.3) is 0 Å². The molecule has 0 fully saturated rings. The lowest BCUT2D eigenvalue weighted by atomic mass is 9.66. The number of para-hydroxylation sites is 2. The Balaban J connectivity index is 0.657. The maximum absolute atomic E-state index is 7.33. The van der Waals surface area contributed by atoms with E-state index in [4.69, 9.17) is 8.83 Å². The predicted molar refractivity (Wildman–Crippen MR) is 547 cm³/mol. The van der Waals surface area contributed by atoms with E-state index in [2.05, 4.69) is 418 Å². The van der Waals surface area contributed by atoms with Crippen LogP contribution in [0.4, 0.5) is 17.1 Å². The summed E-state index contributed by atoms with van der Waals surface area (Å²) in [6, 6.07) is 138. The molecule has 25 rings (SSSR count). The first-order valence-electron chi connectivity index (χ1n) is 48.4. The van der Waals surface area contributed by atoms with Crippen molar-refractivity contribution in [2.75, 3.05) is 4.90 Å². The molecule has 2 heterocycles. The Morgan fingerprint density at radius 2 is 0.634 bits per heavy atom. The molecular weight excluding hydrogens is 1580 g/mol. The third-order valence-electron chi connectivity index (χ3n) is 32.3. The molecular formula is C128H107NO2. The summed E-state index contributed by atoms with van der Waals surface area (Å²) in [6.07, 6.45) is 15.3. The van der Waals surface area contributed by atoms with Crippen LogP contribution in [0.2, 0.25) is 0 Å². The number of rotatable bonds is 21. The lowest BCUT2D eigenvalue weighted by Gasteiger charge is -2.36. The number of fused-ring (bicyclic) bond motifs is 28. The van der Waals surface area contributed by atoms with Crippen LogP contribution in [0.3, 0.4) is 0 Å². The fraction of sp³-hybridized carbons (Fsp3) is 0.203. The van der Waals surface area contributed by atoms with Gasteiger partial charge in [-0.05, 0) is 270 Å². The summed E-state index contributed by atoms with van der Waals surface area (Å²) in [5.74, 6) is 0. The lowest BCUT2D eigenvalue weighted by molar-refractivity contribution is 0.399. The molecule has 0 unspecified atom stereocenters. The van der Waals surface area contributed by atoms with E-state index < -0.39 is 16.2 Å². The van der Waals surface area contributed by atoms with Crippen LogP contribution in [-0.2, 0) is 32.5 Å². The van der Waals surface area contributed by atoms with E-state index in [1.807, 2.05) is 0 Å². The van der Waals surface area contributed by atoms with Crippen molar-refractivity contribution >= 4 is 60.9 Å². The standard InChI is InChI=1S/C128H107NO2/c1-9-11-13-15-37-71-126(72-38-16-14-12-10-2)103-52-34-29-47-91(103)94-66-59-83(75-108(94)126)82-58-65-93-92-64-57-81(73-105(92)123(3,4)106(93)74-82)80-55-60-88(61-56-80)129(89-63-68-97-107(76-89)125(7,8)121-119(97)122-118(99-50-32-36-54-113(99)131-122)117-96-48-30-33-51-102(96)124(5,6)120(117)121)90-62-67-95-100-78-111-101(79-110(100)128(109(95)77-90,86-43-25-19-26-44-86)87-45-27-20-28-46-87)115-104(69-70-114-116(115)98-49-31-35-53-112(98)130-114)127(111,84-39-21-17-22-40-84)85-41-23-18-24-42-85/h17-36,39-70,73-79H,9-16,37-38,71-72H2,1-8H3. The first-order valence-corrected chi connectivity index (χ1v) is 48.4. The topological polar surface area (TPSA) is 29.5 Å². The van der Waals surface area contributed by atoms with Crippen molar-refractivity contribution in [1.29, 1.82) is 0 Å². The summed E-state index contributed by atoms with van der Waals surface area (Å²) in [5, 5.41) is 4.62. The average molecular weight is 1690 g/mol. The van der Waals surface area contributed by atoms with E-state index in [0.29, 0.717) is 0 Å². The van der Waals surface area contributed by atoms with Crippen molar-refractivity contribution in [3.05, 3.63) is 447 Å². The van der Waals surface area contributed by atoms with E-state index in [0.717, 1.165) is 55.6 Å². The highest BCUT2D eigenvalue weighted by atomic mass is 16.3. The molecule has 0 spiro atoms. The molecule has 2 aromatic heterocycles. The molecule has 3 nitrogen and oxygen atoms in total. The Morgan fingerprint density at radius 3 is 1.23 bits per heavy atom. The van der Waals surface area contributed by atoms with E-state index in [-0.39, 0.29) is 16.2 Å². The van der Waals surface area contributed by atoms with Crippen molar-refractivity contribution < 1.29 is 8.83 Å². The van der Waals surface area contributed by atoms with Gasteiger partial charge in [-0.1, -0.05) is 393 Å². The summed E-state index contributed by atoms with van der Waals surface area (Å²) < 4.78 is 14.3. The quantitative estimate of drug-likeness (QED) is 0.0672. The number of benzene rings is 17. The van der Waals surface area contributed by atoms with Gasteiger partial charge in [-0.25, -0.2) is 0 Å². The summed E-state index contributed by atoms with van der Waals surface area (Å²) in [4.78, 5) is 2.57. The van der Waals surface area contributed by atoms with Gasteiger partial charge in [-0.2, -0.15) is 0 Å². The highest BCUT2D eigenvalue weighted by Gasteiger charge is 2.55. The number of nitrogens with zero attached hydrogens (tertiary/aromatic N) is 1. The van der Waals surface area contributed by atoms with Gasteiger partial charge in [0, 0.05) is 65.8 Å². The minimum absolute atomic E-state index is 0.0142. The van der Waals surface area contributed by atoms with Gasteiger partial charge >= 0.3 is 0 Å². The average Bonchev–Trinajstić information content (AvgIpc) is 1.50. The Kier molecular flexibility index (Phi) is 18.1. The van der Waals surface area contributed by atoms with Crippen LogP contribution in [0.15, 0.2) is 367 Å². The van der Waals surface area contributed by atoms with Crippen LogP contribution < -0.4 is 4.90 Å². The van der Waals surface area contributed by atoms with Crippen LogP contribution in [-0.4, -0.2) is 0 Å². The minimum atomic E-state index is -0.820. The van der Waals surface area contributed by atoms with Crippen LogP contribution in [0.1, 0.15) is 221 Å². The van der Waals surface area contributed by atoms with Crippen molar-refractivity contribution in [3.63, 3.8) is 0 Å². The maximum atomic E-state index is 7.33. The summed E-state index contributed by atoms with van der Waals surface area (Å²) in [6.45, 7) is 19.5. The SMILES string of the molecule is CCCCCCCC1(CCCCCCC)c2ccccc2-c2ccc(-c3ccc4c(c3)C(C)(C)c3cc(-c5ccc(N(c6ccc7c(c6)C(C)(C)c6c8c(c9c(oc%10ccccc%109)c6-7)-c6ccccc6C8(C)C)c6ccc7c(c6)C(c6ccccc6)(c6ccccc6)c6cc8c(cc6-7)C(c6ccccc6)(c6ccccc6)c6ccc7oc9ccccc9c7c6-8)cc5)ccc3-4)cc21. The molecule has 0 radical (unpaired) electrons. The summed E-state index contributed by atoms with van der Waals surface area (Å²) >= 11 is 0. The lowest BCUT2D eigenvalue weighted by Crippen LogP contribution is -2.30. The van der Waals surface area contributed by atoms with Crippen LogP contribution in [0.25, 0.3) is 133 Å². The Morgan fingerprint density at radius 1 is 0.237 bits per heavy atom. The fourth-order valence-electron chi connectivity index (χ4n) is 26.3. The number of anilines is 3. The second-order valence-corrected chi connectivity index (χ2v) is 40.2. The van der Waals surface area contributed by atoms with Gasteiger partial charge in [0.1, 0.15) is 22.3 Å². The number of hydrogen-bond donors (Lipinski definition) is 0. The monoisotopic (exact) mass is 1690 g/mol. The van der Waals surface area contributed by atoms with Gasteiger partial charge in [0.15, 0.2) is 0 Å². The molecule has 0 saturated heterocycles. The van der Waals surface area contributed by atoms with E-state index >= 15 is 0 Å². The molecule has 0 amide bonds. The van der Waals surface area contributed by atoms with E-state index in [1.54, 1.807) is 11.1 Å². The van der Waals surface area contributed by atoms with Crippen molar-refractivity contribution in [2.24, 2.45) is 0 Å². The molecule has 3 heteroatoms. The molecule has 6 aliphatic rings. The fourth-order valence-corrected chi connectivity index (χ4v) is 26.3. The van der Waals surface area contributed by atoms with Crippen LogP contribution >= 0.6 is 0 Å². The van der Waals surface area contributed by atoms with Crippen molar-refractivity contribution in [2.45, 2.75) is 165 Å². The molecule has 131 heavy (non-hydrogen) atoms. The Labute approximate surface area is 770 Å². The molecule has 0 saturated carbocycles. The van der Waals surface area contributed by atoms with E-state index in [1.165, 1.54) is 249 Å². The zero-order valence-electron chi connectivity index (χ0n) is 76.3. The molecule has 6 aliphatic carbocycles. The third kappa shape index (κ3) is 11.3. The molecule has 636 valence electrons. The molecule has 0 N–H and O–H groups in total. The molecule has 19 aromatic rings. The summed E-state index contributed by atoms with van der Waals surface area (Å²) in [5.41, 5.74) is 45.8. The minimum Gasteiger partial charge on any atom is -0.456 e. The van der Waals surface area contributed by atoms with Crippen molar-refractivity contribution in [3.8, 4) is 89.0 Å². The predicted octanol–water partition coefficient (Wildman–Crippen LogP) is 34.9. The normalized spacial score (nSPS) is 15.5. The van der Waals surface area contributed by atoms with Gasteiger partial charge in [0.05, 0.1) is 10.8 Å². The van der Waals surface area contributed by atoms with Gasteiger partial charge in [0.2, 0.25) is 0 Å². The second kappa shape index (κ2) is 29.8. The van der Waals surface area contributed by atoms with Crippen molar-refractivity contribution in [1.82, 2.24) is 0 Å².